The van der Waals surface area contributed by atoms with Crippen LogP contribution in [0, 0.1) is 0 Å². The van der Waals surface area contributed by atoms with Gasteiger partial charge in [-0.1, -0.05) is 19.8 Å². The molecule has 0 saturated heterocycles. The second-order valence-corrected chi connectivity index (χ2v) is 4.55. The highest BCUT2D eigenvalue weighted by Gasteiger charge is 2.10. The molecule has 6 heteroatoms. The van der Waals surface area contributed by atoms with Gasteiger partial charge in [0.05, 0.1) is 12.6 Å². The molecule has 0 radical (unpaired) electrons. The van der Waals surface area contributed by atoms with Crippen LogP contribution < -0.4 is 10.6 Å². The van der Waals surface area contributed by atoms with Crippen LogP contribution in [-0.2, 0) is 9.53 Å². The largest absolute Gasteiger partial charge is 0.481 e. The summed E-state index contributed by atoms with van der Waals surface area (Å²) in [5.41, 5.74) is 0. The third-order valence-electron chi connectivity index (χ3n) is 2.69. The van der Waals surface area contributed by atoms with Crippen LogP contribution in [0.25, 0.3) is 0 Å². The number of amides is 2. The summed E-state index contributed by atoms with van der Waals surface area (Å²) < 4.78 is 5.04. The van der Waals surface area contributed by atoms with Gasteiger partial charge in [0.1, 0.15) is 0 Å². The fraction of sp³-hybridized carbons (Fsp3) is 0.846. The highest BCUT2D eigenvalue weighted by molar-refractivity contribution is 5.74. The lowest BCUT2D eigenvalue weighted by molar-refractivity contribution is -0.137. The molecular formula is C13H26N2O4. The van der Waals surface area contributed by atoms with E-state index in [4.69, 9.17) is 9.84 Å². The molecule has 0 rings (SSSR count). The van der Waals surface area contributed by atoms with Crippen LogP contribution in [0.4, 0.5) is 4.79 Å². The number of ether oxygens (including phenoxy) is 1. The molecule has 0 aromatic rings. The molecule has 0 aromatic carbocycles. The fourth-order valence-electron chi connectivity index (χ4n) is 1.76. The van der Waals surface area contributed by atoms with Crippen LogP contribution in [-0.4, -0.2) is 43.4 Å². The van der Waals surface area contributed by atoms with E-state index < -0.39 is 5.97 Å². The van der Waals surface area contributed by atoms with Gasteiger partial charge in [0, 0.05) is 20.1 Å². The normalized spacial score (nSPS) is 11.9. The smallest absolute Gasteiger partial charge is 0.315 e. The first-order valence-corrected chi connectivity index (χ1v) is 6.85. The van der Waals surface area contributed by atoms with Crippen LogP contribution in [0.2, 0.25) is 0 Å². The minimum Gasteiger partial charge on any atom is -0.481 e. The second-order valence-electron chi connectivity index (χ2n) is 4.55. The van der Waals surface area contributed by atoms with E-state index in [-0.39, 0.29) is 18.5 Å². The summed E-state index contributed by atoms with van der Waals surface area (Å²) in [6, 6.07) is -0.143. The molecule has 3 N–H and O–H groups in total. The van der Waals surface area contributed by atoms with Gasteiger partial charge in [-0.25, -0.2) is 4.79 Å². The maximum absolute atomic E-state index is 11.6. The molecule has 0 aromatic heterocycles. The first kappa shape index (κ1) is 17.7. The molecule has 112 valence electrons. The Balaban J connectivity index is 3.58. The van der Waals surface area contributed by atoms with Crippen molar-refractivity contribution in [2.75, 3.05) is 20.3 Å². The Morgan fingerprint density at radius 1 is 1.26 bits per heavy atom. The SMILES string of the molecule is CCCC(COC)NC(=O)NCCCCCC(=O)O. The highest BCUT2D eigenvalue weighted by atomic mass is 16.5. The van der Waals surface area contributed by atoms with Crippen LogP contribution in [0.1, 0.15) is 45.4 Å². The number of urea groups is 1. The Morgan fingerprint density at radius 3 is 2.58 bits per heavy atom. The number of carboxylic acid groups (broad SMARTS) is 1. The van der Waals surface area contributed by atoms with E-state index in [0.717, 1.165) is 25.7 Å². The molecule has 1 unspecified atom stereocenters. The van der Waals surface area contributed by atoms with Crippen molar-refractivity contribution in [1.29, 1.82) is 0 Å². The Morgan fingerprint density at radius 2 is 2.00 bits per heavy atom. The van der Waals surface area contributed by atoms with E-state index in [2.05, 4.69) is 17.6 Å². The maximum atomic E-state index is 11.6. The van der Waals surface area contributed by atoms with E-state index in [1.54, 1.807) is 7.11 Å². The van der Waals surface area contributed by atoms with Gasteiger partial charge in [-0.2, -0.15) is 0 Å². The predicted octanol–water partition coefficient (Wildman–Crippen LogP) is 1.75. The maximum Gasteiger partial charge on any atom is 0.315 e. The van der Waals surface area contributed by atoms with Crippen molar-refractivity contribution in [3.05, 3.63) is 0 Å². The van der Waals surface area contributed by atoms with Crippen LogP contribution in [0.15, 0.2) is 0 Å². The van der Waals surface area contributed by atoms with E-state index in [9.17, 15) is 9.59 Å². The Labute approximate surface area is 114 Å². The third-order valence-corrected chi connectivity index (χ3v) is 2.69. The lowest BCUT2D eigenvalue weighted by Gasteiger charge is -2.17. The molecule has 0 heterocycles. The monoisotopic (exact) mass is 274 g/mol. The number of nitrogens with one attached hydrogen (secondary N) is 2. The van der Waals surface area contributed by atoms with Gasteiger partial charge in [0.15, 0.2) is 0 Å². The average Bonchev–Trinajstić information content (AvgIpc) is 2.34. The number of carbonyl (C=O) groups is 2. The average molecular weight is 274 g/mol. The summed E-state index contributed by atoms with van der Waals surface area (Å²) in [6.07, 6.45) is 4.33. The van der Waals surface area contributed by atoms with Crippen molar-refractivity contribution in [3.63, 3.8) is 0 Å². The third kappa shape index (κ3) is 11.5. The van der Waals surface area contributed by atoms with E-state index in [0.29, 0.717) is 19.6 Å². The summed E-state index contributed by atoms with van der Waals surface area (Å²) >= 11 is 0. The van der Waals surface area contributed by atoms with Gasteiger partial charge >= 0.3 is 12.0 Å². The van der Waals surface area contributed by atoms with Crippen LogP contribution >= 0.6 is 0 Å². The van der Waals surface area contributed by atoms with Gasteiger partial charge in [-0.05, 0) is 19.3 Å². The summed E-state index contributed by atoms with van der Waals surface area (Å²) in [4.78, 5) is 21.9. The van der Waals surface area contributed by atoms with Crippen molar-refractivity contribution >= 4 is 12.0 Å². The Hall–Kier alpha value is -1.30. The summed E-state index contributed by atoms with van der Waals surface area (Å²) in [6.45, 7) is 3.14. The molecule has 0 aliphatic rings. The lowest BCUT2D eigenvalue weighted by atomic mass is 10.2. The first-order chi connectivity index (χ1) is 9.10. The topological polar surface area (TPSA) is 87.7 Å². The van der Waals surface area contributed by atoms with Crippen molar-refractivity contribution in [1.82, 2.24) is 10.6 Å². The van der Waals surface area contributed by atoms with Crippen LogP contribution in [0.3, 0.4) is 0 Å². The lowest BCUT2D eigenvalue weighted by Crippen LogP contribution is -2.44. The van der Waals surface area contributed by atoms with Crippen molar-refractivity contribution < 1.29 is 19.4 Å². The van der Waals surface area contributed by atoms with Gasteiger partial charge in [0.25, 0.3) is 0 Å². The number of carbonyl (C=O) groups excluding carboxylic acids is 1. The molecule has 0 aliphatic carbocycles. The predicted molar refractivity (Wildman–Crippen MR) is 73.2 cm³/mol. The molecule has 0 bridgehead atoms. The quantitative estimate of drug-likeness (QED) is 0.501. The van der Waals surface area contributed by atoms with Gasteiger partial charge in [-0.3, -0.25) is 4.79 Å². The second kappa shape index (κ2) is 11.8. The number of rotatable bonds is 11. The minimum absolute atomic E-state index is 0.0435. The van der Waals surface area contributed by atoms with E-state index >= 15 is 0 Å². The molecule has 1 atom stereocenters. The zero-order chi connectivity index (χ0) is 14.5. The number of hydrogen-bond donors (Lipinski definition) is 3. The van der Waals surface area contributed by atoms with E-state index in [1.807, 2.05) is 0 Å². The van der Waals surface area contributed by atoms with Crippen LogP contribution in [0.5, 0.6) is 0 Å². The van der Waals surface area contributed by atoms with Gasteiger partial charge in [-0.15, -0.1) is 0 Å². The van der Waals surface area contributed by atoms with Crippen molar-refractivity contribution in [3.8, 4) is 0 Å². The molecule has 2 amide bonds. The molecule has 6 nitrogen and oxygen atoms in total. The molecule has 0 saturated carbocycles. The number of carboxylic acids is 1. The van der Waals surface area contributed by atoms with E-state index in [1.165, 1.54) is 0 Å². The standard InChI is InChI=1S/C13H26N2O4/c1-3-7-11(10-19-2)15-13(18)14-9-6-4-5-8-12(16)17/h11H,3-10H2,1-2H3,(H,16,17)(H2,14,15,18). The van der Waals surface area contributed by atoms with Crippen molar-refractivity contribution in [2.24, 2.45) is 0 Å². The number of methoxy groups -OCH3 is 1. The summed E-state index contributed by atoms with van der Waals surface area (Å²) in [5, 5.41) is 14.1. The zero-order valence-electron chi connectivity index (χ0n) is 11.9. The first-order valence-electron chi connectivity index (χ1n) is 6.85. The molecule has 0 fully saturated rings. The minimum atomic E-state index is -0.771. The number of aliphatic carboxylic acids is 1. The molecule has 0 spiro atoms. The Bertz CT molecular complexity index is 253. The number of unbranched alkanes of at least 4 members (excludes halogenated alkanes) is 2. The fourth-order valence-corrected chi connectivity index (χ4v) is 1.76. The van der Waals surface area contributed by atoms with Crippen molar-refractivity contribution in [2.45, 2.75) is 51.5 Å². The molecule has 19 heavy (non-hydrogen) atoms. The van der Waals surface area contributed by atoms with Gasteiger partial charge < -0.3 is 20.5 Å². The molecular weight excluding hydrogens is 248 g/mol. The Kier molecular flexibility index (Phi) is 11.0. The van der Waals surface area contributed by atoms with Gasteiger partial charge in [0.2, 0.25) is 0 Å². The number of hydrogen-bond acceptors (Lipinski definition) is 3. The summed E-state index contributed by atoms with van der Waals surface area (Å²) in [5.74, 6) is -0.771. The zero-order valence-corrected chi connectivity index (χ0v) is 11.9. The molecule has 0 aliphatic heterocycles. The summed E-state index contributed by atoms with van der Waals surface area (Å²) in [7, 11) is 1.62. The highest BCUT2D eigenvalue weighted by Crippen LogP contribution is 1.99.